The second-order valence-electron chi connectivity index (χ2n) is 16.4. The summed E-state index contributed by atoms with van der Waals surface area (Å²) < 4.78 is 9.51. The minimum Gasteiger partial charge on any atom is -0.453 e. The molecular weight excluding hydrogens is 735 g/mol. The molecule has 0 spiro atoms. The predicted octanol–water partition coefficient (Wildman–Crippen LogP) is 7.40. The molecule has 13 heteroatoms. The fourth-order valence-corrected chi connectivity index (χ4v) is 8.62. The Balaban J connectivity index is 1.00. The molecule has 6 atom stereocenters. The van der Waals surface area contributed by atoms with Crippen molar-refractivity contribution in [3.05, 3.63) is 84.4 Å². The number of allylic oxidation sites excluding steroid dienone is 1. The molecule has 1 aliphatic carbocycles. The van der Waals surface area contributed by atoms with E-state index >= 15 is 0 Å². The normalized spacial score (nSPS) is 20.1. The molecule has 0 radical (unpaired) electrons. The highest BCUT2D eigenvalue weighted by Crippen LogP contribution is 2.50. The zero-order chi connectivity index (χ0) is 41.2. The number of benzene rings is 3. The maximum Gasteiger partial charge on any atom is 0.407 e. The number of likely N-dealkylation sites (tertiary alicyclic amines) is 1. The molecule has 2 aliphatic heterocycles. The smallest absolute Gasteiger partial charge is 0.407 e. The van der Waals surface area contributed by atoms with Crippen molar-refractivity contribution in [1.82, 2.24) is 30.8 Å². The highest BCUT2D eigenvalue weighted by molar-refractivity contribution is 6.03. The Hall–Kier alpha value is -5.98. The van der Waals surface area contributed by atoms with Gasteiger partial charge in [-0.15, -0.1) is 0 Å². The highest BCUT2D eigenvalue weighted by Gasteiger charge is 2.51. The van der Waals surface area contributed by atoms with Crippen molar-refractivity contribution in [1.29, 1.82) is 0 Å². The van der Waals surface area contributed by atoms with Crippen molar-refractivity contribution in [2.45, 2.75) is 90.5 Å². The zero-order valence-electron chi connectivity index (χ0n) is 34.2. The number of fused-ring (bicyclic) bond motifs is 3. The number of aromatic nitrogens is 2. The van der Waals surface area contributed by atoms with Crippen LogP contribution in [0.5, 0.6) is 0 Å². The van der Waals surface area contributed by atoms with Crippen molar-refractivity contribution < 1.29 is 28.7 Å². The lowest BCUT2D eigenvalue weighted by molar-refractivity contribution is -0.139. The predicted molar refractivity (Wildman–Crippen MR) is 224 cm³/mol. The van der Waals surface area contributed by atoms with Crippen LogP contribution in [0.2, 0.25) is 0 Å². The van der Waals surface area contributed by atoms with Crippen LogP contribution in [-0.4, -0.2) is 83.0 Å². The van der Waals surface area contributed by atoms with E-state index < -0.39 is 24.3 Å². The number of alkyl carbamates (subject to hydrolysis) is 2. The van der Waals surface area contributed by atoms with Gasteiger partial charge in [0.15, 0.2) is 0 Å². The van der Waals surface area contributed by atoms with Crippen molar-refractivity contribution in [2.24, 2.45) is 22.7 Å². The molecule has 2 fully saturated rings. The Kier molecular flexibility index (Phi) is 11.7. The lowest BCUT2D eigenvalue weighted by Gasteiger charge is -2.37. The van der Waals surface area contributed by atoms with Gasteiger partial charge < -0.3 is 35.3 Å². The van der Waals surface area contributed by atoms with Crippen LogP contribution in [0.25, 0.3) is 38.7 Å². The van der Waals surface area contributed by atoms with Gasteiger partial charge in [0.25, 0.3) is 0 Å². The number of aromatic amines is 1. The molecule has 13 nitrogen and oxygen atoms in total. The third-order valence-corrected chi connectivity index (χ3v) is 11.9. The number of ether oxygens (including phenoxy) is 2. The van der Waals surface area contributed by atoms with Crippen molar-refractivity contribution in [2.75, 3.05) is 14.2 Å². The molecule has 58 heavy (non-hydrogen) atoms. The summed E-state index contributed by atoms with van der Waals surface area (Å²) in [5.74, 6) is 0.498. The topological polar surface area (TPSA) is 167 Å². The van der Waals surface area contributed by atoms with Gasteiger partial charge in [-0.25, -0.2) is 14.6 Å². The SMILES string of the molecule is COC(=O)N[C@H](C(=O)N[C@@H](C)C1=NC=C(c2ccc(-c3ccc4cc(-c5cnc(C6[C@H]7CC[C@H](C7)N6C(=O)[C@@H](NC(=O)OC)C(C)C)[nH]5)ccc4c3)cc2)C1)C(C)C. The Bertz CT molecular complexity index is 2260. The Morgan fingerprint density at radius 3 is 2.02 bits per heavy atom. The Morgan fingerprint density at radius 1 is 0.759 bits per heavy atom. The van der Waals surface area contributed by atoms with Crippen molar-refractivity contribution >= 4 is 46.1 Å². The number of nitrogens with one attached hydrogen (secondary N) is 4. The van der Waals surface area contributed by atoms with Crippen LogP contribution in [0.15, 0.2) is 78.1 Å². The van der Waals surface area contributed by atoms with Crippen LogP contribution in [0.3, 0.4) is 0 Å². The van der Waals surface area contributed by atoms with Gasteiger partial charge in [-0.05, 0) is 89.1 Å². The van der Waals surface area contributed by atoms with E-state index in [1.165, 1.54) is 14.2 Å². The first kappa shape index (κ1) is 40.2. The van der Waals surface area contributed by atoms with Crippen LogP contribution in [0, 0.1) is 17.8 Å². The molecule has 1 unspecified atom stereocenters. The van der Waals surface area contributed by atoms with E-state index in [2.05, 4.69) is 91.3 Å². The largest absolute Gasteiger partial charge is 0.453 e. The van der Waals surface area contributed by atoms with Crippen LogP contribution in [0.4, 0.5) is 9.59 Å². The lowest BCUT2D eigenvalue weighted by atomic mass is 9.95. The van der Waals surface area contributed by atoms with Crippen LogP contribution in [-0.2, 0) is 19.1 Å². The quantitative estimate of drug-likeness (QED) is 0.116. The maximum absolute atomic E-state index is 14.0. The molecule has 3 aromatic carbocycles. The van der Waals surface area contributed by atoms with Gasteiger partial charge in [-0.2, -0.15) is 0 Å². The van der Waals surface area contributed by atoms with Gasteiger partial charge in [0.05, 0.1) is 38.2 Å². The van der Waals surface area contributed by atoms with E-state index in [4.69, 9.17) is 9.72 Å². The van der Waals surface area contributed by atoms with Crippen LogP contribution < -0.4 is 16.0 Å². The number of hydrogen-bond acceptors (Lipinski definition) is 8. The number of carbonyl (C=O) groups is 4. The van der Waals surface area contributed by atoms with Gasteiger partial charge >= 0.3 is 12.2 Å². The van der Waals surface area contributed by atoms with E-state index in [-0.39, 0.29) is 41.8 Å². The standard InChI is InChI=1S/C45H53N7O6/c1-24(2)38(50-44(55)57-6)42(53)48-26(5)36-21-34(22-46-36)28-10-8-27(9-11-28)29-12-13-31-19-32(15-14-30(31)18-29)37-23-47-41(49-37)40-33-16-17-35(20-33)52(40)43(54)39(25(3)4)51-45(56)58-7/h8-15,18-19,22-26,33,35,38-40H,16-17,20-21H2,1-7H3,(H,47,49)(H,48,53)(H,50,55)(H,51,56)/t26-,33-,35+,38-,39-,40?/m0/s1. The molecule has 4 aromatic rings. The third kappa shape index (κ3) is 8.21. The number of imidazole rings is 1. The summed E-state index contributed by atoms with van der Waals surface area (Å²) in [6, 6.07) is 19.5. The molecule has 4 amide bonds. The monoisotopic (exact) mass is 787 g/mol. The third-order valence-electron chi connectivity index (χ3n) is 11.9. The molecule has 4 N–H and O–H groups in total. The molecule has 1 saturated heterocycles. The fraction of sp³-hybridized carbons (Fsp3) is 0.422. The molecular formula is C45H53N7O6. The molecule has 7 rings (SSSR count). The van der Waals surface area contributed by atoms with E-state index in [0.29, 0.717) is 12.3 Å². The molecule has 3 aliphatic rings. The number of rotatable bonds is 12. The summed E-state index contributed by atoms with van der Waals surface area (Å²) in [7, 11) is 2.58. The number of nitrogens with zero attached hydrogens (tertiary/aromatic N) is 3. The molecule has 2 bridgehead atoms. The number of methoxy groups -OCH3 is 2. The van der Waals surface area contributed by atoms with E-state index in [0.717, 1.165) is 75.1 Å². The summed E-state index contributed by atoms with van der Waals surface area (Å²) in [4.78, 5) is 65.8. The summed E-state index contributed by atoms with van der Waals surface area (Å²) in [6.45, 7) is 9.49. The van der Waals surface area contributed by atoms with E-state index in [1.807, 2.05) is 51.9 Å². The maximum atomic E-state index is 14.0. The minimum absolute atomic E-state index is 0.0915. The lowest BCUT2D eigenvalue weighted by Crippen LogP contribution is -2.54. The molecule has 3 heterocycles. The molecule has 1 aromatic heterocycles. The van der Waals surface area contributed by atoms with Gasteiger partial charge in [0, 0.05) is 29.9 Å². The first-order chi connectivity index (χ1) is 27.8. The van der Waals surface area contributed by atoms with Crippen LogP contribution in [0.1, 0.15) is 77.7 Å². The van der Waals surface area contributed by atoms with Crippen LogP contribution >= 0.6 is 0 Å². The Morgan fingerprint density at radius 2 is 1.36 bits per heavy atom. The summed E-state index contributed by atoms with van der Waals surface area (Å²) in [5, 5.41) is 10.6. The zero-order valence-corrected chi connectivity index (χ0v) is 34.2. The minimum atomic E-state index is -0.717. The molecule has 304 valence electrons. The number of carbonyl (C=O) groups excluding carboxylic acids is 4. The number of piperidine rings is 1. The Labute approximate surface area is 339 Å². The number of hydrogen-bond donors (Lipinski definition) is 4. The van der Waals surface area contributed by atoms with Gasteiger partial charge in [0.1, 0.15) is 17.9 Å². The molecule has 1 saturated carbocycles. The van der Waals surface area contributed by atoms with Crippen molar-refractivity contribution in [3.63, 3.8) is 0 Å². The van der Waals surface area contributed by atoms with Crippen molar-refractivity contribution in [3.8, 4) is 22.4 Å². The van der Waals surface area contributed by atoms with E-state index in [1.54, 1.807) is 0 Å². The summed E-state index contributed by atoms with van der Waals surface area (Å²) in [5.41, 5.74) is 7.08. The highest BCUT2D eigenvalue weighted by atomic mass is 16.5. The van der Waals surface area contributed by atoms with Gasteiger partial charge in [-0.3, -0.25) is 14.6 Å². The summed E-state index contributed by atoms with van der Waals surface area (Å²) >= 11 is 0. The average Bonchev–Trinajstić information content (AvgIpc) is 4.06. The summed E-state index contributed by atoms with van der Waals surface area (Å²) in [6.07, 6.45) is 6.00. The van der Waals surface area contributed by atoms with E-state index in [9.17, 15) is 19.2 Å². The second-order valence-corrected chi connectivity index (χ2v) is 16.4. The first-order valence-electron chi connectivity index (χ1n) is 20.1. The average molecular weight is 788 g/mol. The first-order valence-corrected chi connectivity index (χ1v) is 20.1. The van der Waals surface area contributed by atoms with Gasteiger partial charge in [0.2, 0.25) is 11.8 Å². The number of aliphatic imine (C=N–C) groups is 1. The fourth-order valence-electron chi connectivity index (χ4n) is 8.62. The second kappa shape index (κ2) is 16.9. The van der Waals surface area contributed by atoms with Gasteiger partial charge in [-0.1, -0.05) is 76.2 Å². The number of H-pyrrole nitrogens is 1. The number of amides is 4.